The minimum Gasteiger partial charge on any atom is -0.340 e. The van der Waals surface area contributed by atoms with E-state index < -0.39 is 4.92 Å². The van der Waals surface area contributed by atoms with Crippen LogP contribution in [0.15, 0.2) is 47.3 Å². The molecule has 2 aromatic heterocycles. The molecule has 1 unspecified atom stereocenters. The summed E-state index contributed by atoms with van der Waals surface area (Å²) in [5, 5.41) is 13.7. The van der Waals surface area contributed by atoms with E-state index in [1.807, 2.05) is 19.2 Å². The molecule has 0 amide bonds. The number of allylic oxidation sites excluding steroid dienone is 2. The fourth-order valence-electron chi connectivity index (χ4n) is 2.37. The molecule has 2 aromatic rings. The number of rotatable bonds is 5. The Kier molecular flexibility index (Phi) is 7.03. The summed E-state index contributed by atoms with van der Waals surface area (Å²) in [7, 11) is 0. The maximum Gasteiger partial charge on any atom is 0.269 e. The zero-order valence-electron chi connectivity index (χ0n) is 15.9. The molecule has 0 fully saturated rings. The number of hydrazine groups is 1. The van der Waals surface area contributed by atoms with Crippen LogP contribution in [0.25, 0.3) is 10.8 Å². The van der Waals surface area contributed by atoms with E-state index in [1.54, 1.807) is 6.20 Å². The first-order valence-corrected chi connectivity index (χ1v) is 9.47. The average Bonchev–Trinajstić information content (AvgIpc) is 3.33. The summed E-state index contributed by atoms with van der Waals surface area (Å²) in [6.45, 7) is 11.5. The van der Waals surface area contributed by atoms with Crippen LogP contribution >= 0.6 is 11.3 Å². The normalized spacial score (nSPS) is 16.6. The summed E-state index contributed by atoms with van der Waals surface area (Å²) in [6.07, 6.45) is 5.74. The lowest BCUT2D eigenvalue weighted by molar-refractivity contribution is -0.419. The summed E-state index contributed by atoms with van der Waals surface area (Å²) in [5.74, 6) is 0.713. The summed E-state index contributed by atoms with van der Waals surface area (Å²) < 4.78 is 0. The number of aromatic amines is 1. The lowest BCUT2D eigenvalue weighted by atomic mass is 10.0. The quantitative estimate of drug-likeness (QED) is 0.405. The minimum absolute atomic E-state index is 0.0584. The van der Waals surface area contributed by atoms with Crippen LogP contribution in [0.5, 0.6) is 0 Å². The molecule has 1 atom stereocenters. The molecule has 3 N–H and O–H groups in total. The molecule has 1 aliphatic heterocycles. The van der Waals surface area contributed by atoms with Gasteiger partial charge in [-0.15, -0.1) is 11.3 Å². The number of H-pyrrole nitrogens is 1. The number of hydrogen-bond donors (Lipinski definition) is 3. The number of nitro groups is 1. The van der Waals surface area contributed by atoms with Crippen molar-refractivity contribution in [2.45, 2.75) is 40.2 Å². The third-order valence-corrected chi connectivity index (χ3v) is 4.46. The molecule has 0 aromatic carbocycles. The van der Waals surface area contributed by atoms with E-state index in [1.165, 1.54) is 29.9 Å². The fraction of sp³-hybridized carbons (Fsp3) is 0.333. The van der Waals surface area contributed by atoms with E-state index in [2.05, 4.69) is 46.2 Å². The van der Waals surface area contributed by atoms with Crippen molar-refractivity contribution in [3.8, 4) is 10.8 Å². The number of aromatic nitrogens is 3. The monoisotopic (exact) mass is 388 g/mol. The van der Waals surface area contributed by atoms with Crippen LogP contribution in [0.3, 0.4) is 0 Å². The van der Waals surface area contributed by atoms with Gasteiger partial charge in [-0.3, -0.25) is 10.1 Å². The molecule has 144 valence electrons. The molecule has 0 aliphatic carbocycles. The zero-order valence-corrected chi connectivity index (χ0v) is 16.7. The van der Waals surface area contributed by atoms with Crippen molar-refractivity contribution in [3.63, 3.8) is 0 Å². The summed E-state index contributed by atoms with van der Waals surface area (Å²) in [5.41, 5.74) is 9.35. The highest BCUT2D eigenvalue weighted by Crippen LogP contribution is 2.32. The SMILES string of the molecule is C=C/C(=C\C1=C(C)NNC1c1csc(-c2ncc(C)[nH]2)n1)[N+](=O)[O-].CCC. The predicted octanol–water partition coefficient (Wildman–Crippen LogP) is 4.03. The summed E-state index contributed by atoms with van der Waals surface area (Å²) in [6, 6.07) is -0.277. The Morgan fingerprint density at radius 3 is 2.70 bits per heavy atom. The molecular weight excluding hydrogens is 364 g/mol. The molecule has 0 spiro atoms. The third kappa shape index (κ3) is 4.89. The second kappa shape index (κ2) is 9.24. The molecular formula is C18H24N6O2S. The first kappa shape index (κ1) is 20.5. The molecule has 0 radical (unpaired) electrons. The Hall–Kier alpha value is -2.78. The second-order valence-corrected chi connectivity index (χ2v) is 6.87. The Labute approximate surface area is 162 Å². The minimum atomic E-state index is -0.458. The smallest absolute Gasteiger partial charge is 0.269 e. The zero-order chi connectivity index (χ0) is 20.0. The molecule has 0 bridgehead atoms. The lowest BCUT2D eigenvalue weighted by Gasteiger charge is -2.09. The van der Waals surface area contributed by atoms with Crippen LogP contribution < -0.4 is 10.9 Å². The highest BCUT2D eigenvalue weighted by molar-refractivity contribution is 7.13. The van der Waals surface area contributed by atoms with Crippen LogP contribution in [-0.4, -0.2) is 19.9 Å². The highest BCUT2D eigenvalue weighted by atomic mass is 32.1. The maximum absolute atomic E-state index is 11.0. The standard InChI is InChI=1S/C15H16N6O2S.C3H8/c1-4-10(21(22)23)5-11-9(3)19-20-13(11)12-7-24-15(18-12)14-16-6-8(2)17-14;1-3-2/h4-7,13,19-20H,1H2,2-3H3,(H,16,17);3H2,1-2H3/b10-5+;. The number of imidazole rings is 1. The highest BCUT2D eigenvalue weighted by Gasteiger charge is 2.27. The van der Waals surface area contributed by atoms with Gasteiger partial charge < -0.3 is 10.4 Å². The van der Waals surface area contributed by atoms with Gasteiger partial charge >= 0.3 is 0 Å². The molecule has 9 heteroatoms. The van der Waals surface area contributed by atoms with Crippen molar-refractivity contribution in [2.75, 3.05) is 0 Å². The average molecular weight is 388 g/mol. The number of thiazole rings is 1. The Morgan fingerprint density at radius 2 is 2.15 bits per heavy atom. The van der Waals surface area contributed by atoms with Gasteiger partial charge in [0.1, 0.15) is 0 Å². The van der Waals surface area contributed by atoms with Crippen molar-refractivity contribution in [2.24, 2.45) is 0 Å². The van der Waals surface area contributed by atoms with Gasteiger partial charge in [0.15, 0.2) is 10.8 Å². The fourth-order valence-corrected chi connectivity index (χ4v) is 3.16. The van der Waals surface area contributed by atoms with E-state index in [0.29, 0.717) is 5.82 Å². The van der Waals surface area contributed by atoms with Crippen molar-refractivity contribution in [1.82, 2.24) is 25.8 Å². The lowest BCUT2D eigenvalue weighted by Crippen LogP contribution is -2.26. The van der Waals surface area contributed by atoms with E-state index in [0.717, 1.165) is 27.7 Å². The number of aryl methyl sites for hydroxylation is 1. The van der Waals surface area contributed by atoms with Gasteiger partial charge in [-0.25, -0.2) is 15.4 Å². The Bertz CT molecular complexity index is 880. The van der Waals surface area contributed by atoms with Crippen molar-refractivity contribution < 1.29 is 4.92 Å². The van der Waals surface area contributed by atoms with Gasteiger partial charge in [-0.2, -0.15) is 0 Å². The largest absolute Gasteiger partial charge is 0.340 e. The number of nitrogens with one attached hydrogen (secondary N) is 3. The molecule has 1 aliphatic rings. The van der Waals surface area contributed by atoms with Crippen LogP contribution in [0.1, 0.15) is 44.6 Å². The van der Waals surface area contributed by atoms with Gasteiger partial charge in [0.25, 0.3) is 5.70 Å². The van der Waals surface area contributed by atoms with Crippen molar-refractivity contribution >= 4 is 11.3 Å². The first-order chi connectivity index (χ1) is 12.9. The third-order valence-electron chi connectivity index (χ3n) is 3.59. The maximum atomic E-state index is 11.0. The van der Waals surface area contributed by atoms with E-state index in [4.69, 9.17) is 0 Å². The van der Waals surface area contributed by atoms with Gasteiger partial charge in [0.05, 0.1) is 16.7 Å². The van der Waals surface area contributed by atoms with Crippen molar-refractivity contribution in [1.29, 1.82) is 0 Å². The van der Waals surface area contributed by atoms with Crippen LogP contribution in [0, 0.1) is 17.0 Å². The molecule has 27 heavy (non-hydrogen) atoms. The van der Waals surface area contributed by atoms with E-state index >= 15 is 0 Å². The molecule has 3 heterocycles. The summed E-state index contributed by atoms with van der Waals surface area (Å²) >= 11 is 1.47. The van der Waals surface area contributed by atoms with Crippen LogP contribution in [0.4, 0.5) is 0 Å². The van der Waals surface area contributed by atoms with Gasteiger partial charge in [0, 0.05) is 40.7 Å². The number of hydrogen-bond acceptors (Lipinski definition) is 7. The molecule has 0 saturated carbocycles. The van der Waals surface area contributed by atoms with Crippen molar-refractivity contribution in [3.05, 3.63) is 68.8 Å². The number of nitrogens with zero attached hydrogens (tertiary/aromatic N) is 3. The molecule has 8 nitrogen and oxygen atoms in total. The Morgan fingerprint density at radius 1 is 1.44 bits per heavy atom. The summed E-state index contributed by atoms with van der Waals surface area (Å²) in [4.78, 5) is 22.6. The second-order valence-electron chi connectivity index (χ2n) is 6.01. The molecule has 0 saturated heterocycles. The van der Waals surface area contributed by atoms with Crippen LogP contribution in [0.2, 0.25) is 0 Å². The predicted molar refractivity (Wildman–Crippen MR) is 107 cm³/mol. The van der Waals surface area contributed by atoms with Gasteiger partial charge in [-0.1, -0.05) is 26.8 Å². The van der Waals surface area contributed by atoms with Gasteiger partial charge in [-0.05, 0) is 13.8 Å². The van der Waals surface area contributed by atoms with E-state index in [-0.39, 0.29) is 11.7 Å². The first-order valence-electron chi connectivity index (χ1n) is 8.59. The van der Waals surface area contributed by atoms with E-state index in [9.17, 15) is 10.1 Å². The van der Waals surface area contributed by atoms with Crippen LogP contribution in [-0.2, 0) is 0 Å². The molecule has 3 rings (SSSR count). The topological polar surface area (TPSA) is 109 Å². The van der Waals surface area contributed by atoms with Gasteiger partial charge in [0.2, 0.25) is 0 Å². The Balaban J connectivity index is 0.000000817.